The molecular weight excluding hydrogens is 170 g/mol. The Morgan fingerprint density at radius 1 is 1.07 bits per heavy atom. The fourth-order valence-electron chi connectivity index (χ4n) is 2.04. The molecule has 2 aromatic carbocycles. The summed E-state index contributed by atoms with van der Waals surface area (Å²) in [5, 5.41) is 2.62. The maximum Gasteiger partial charge on any atom is 0.219 e. The van der Waals surface area contributed by atoms with Crippen LogP contribution in [0.3, 0.4) is 0 Å². The van der Waals surface area contributed by atoms with Gasteiger partial charge in [-0.05, 0) is 18.0 Å². The smallest absolute Gasteiger partial charge is 0.167 e. The summed E-state index contributed by atoms with van der Waals surface area (Å²) in [5.74, 6) is 0. The first kappa shape index (κ1) is 7.51. The second kappa shape index (κ2) is 2.55. The molecule has 0 fully saturated rings. The number of hydrogen-bond donors (Lipinski definition) is 0. The highest BCUT2D eigenvalue weighted by Crippen LogP contribution is 2.32. The Morgan fingerprint density at radius 3 is 2.64 bits per heavy atom. The summed E-state index contributed by atoms with van der Waals surface area (Å²) >= 11 is 0. The molecule has 0 aromatic heterocycles. The van der Waals surface area contributed by atoms with Crippen molar-refractivity contribution >= 4 is 22.7 Å². The Hall–Kier alpha value is -1.89. The minimum atomic E-state index is 1.23. The average molecular weight is 180 g/mol. The SMILES string of the molecule is C=C[N+]1=Cc2cccc3cccc1c23. The van der Waals surface area contributed by atoms with Crippen molar-refractivity contribution in [3.05, 3.63) is 54.7 Å². The van der Waals surface area contributed by atoms with Crippen molar-refractivity contribution in [2.24, 2.45) is 0 Å². The topological polar surface area (TPSA) is 3.01 Å². The van der Waals surface area contributed by atoms with Gasteiger partial charge in [0.05, 0.1) is 10.9 Å². The van der Waals surface area contributed by atoms with E-state index in [1.165, 1.54) is 22.0 Å². The molecule has 0 unspecified atom stereocenters. The van der Waals surface area contributed by atoms with E-state index in [1.54, 1.807) is 0 Å². The maximum atomic E-state index is 3.81. The highest BCUT2D eigenvalue weighted by Gasteiger charge is 2.20. The van der Waals surface area contributed by atoms with Crippen molar-refractivity contribution in [1.29, 1.82) is 0 Å². The van der Waals surface area contributed by atoms with Crippen LogP contribution in [0.15, 0.2) is 49.2 Å². The Labute approximate surface area is 82.6 Å². The number of rotatable bonds is 1. The Balaban J connectivity index is 2.52. The zero-order valence-electron chi connectivity index (χ0n) is 7.77. The third-order valence-corrected chi connectivity index (χ3v) is 2.67. The molecule has 0 saturated carbocycles. The van der Waals surface area contributed by atoms with Gasteiger partial charge < -0.3 is 0 Å². The van der Waals surface area contributed by atoms with Crippen LogP contribution in [0, 0.1) is 0 Å². The third kappa shape index (κ3) is 0.814. The van der Waals surface area contributed by atoms with E-state index in [0.29, 0.717) is 0 Å². The lowest BCUT2D eigenvalue weighted by atomic mass is 10.1. The molecule has 0 saturated heterocycles. The quantitative estimate of drug-likeness (QED) is 0.593. The van der Waals surface area contributed by atoms with Crippen molar-refractivity contribution in [3.63, 3.8) is 0 Å². The van der Waals surface area contributed by atoms with Crippen molar-refractivity contribution < 1.29 is 4.58 Å². The van der Waals surface area contributed by atoms with Gasteiger partial charge in [0.15, 0.2) is 12.4 Å². The van der Waals surface area contributed by atoms with Crippen LogP contribution in [-0.2, 0) is 0 Å². The van der Waals surface area contributed by atoms with Crippen molar-refractivity contribution in [2.45, 2.75) is 0 Å². The molecule has 1 heterocycles. The molecule has 0 atom stereocenters. The van der Waals surface area contributed by atoms with E-state index in [1.807, 2.05) is 6.20 Å². The molecule has 1 aliphatic rings. The minimum absolute atomic E-state index is 1.23. The summed E-state index contributed by atoms with van der Waals surface area (Å²) in [4.78, 5) is 0. The summed E-state index contributed by atoms with van der Waals surface area (Å²) in [7, 11) is 0. The molecule has 14 heavy (non-hydrogen) atoms. The van der Waals surface area contributed by atoms with Crippen LogP contribution in [0.5, 0.6) is 0 Å². The molecule has 2 aromatic rings. The van der Waals surface area contributed by atoms with Gasteiger partial charge in [-0.25, -0.2) is 0 Å². The standard InChI is InChI=1S/C13H10N/c1-2-14-9-11-7-3-5-10-6-4-8-12(14)13(10)11/h2-9H,1H2/q+1. The largest absolute Gasteiger partial charge is 0.219 e. The molecule has 0 spiro atoms. The van der Waals surface area contributed by atoms with E-state index < -0.39 is 0 Å². The van der Waals surface area contributed by atoms with Crippen LogP contribution in [0.25, 0.3) is 10.8 Å². The van der Waals surface area contributed by atoms with Gasteiger partial charge >= 0.3 is 0 Å². The molecule has 0 radical (unpaired) electrons. The third-order valence-electron chi connectivity index (χ3n) is 2.67. The van der Waals surface area contributed by atoms with Gasteiger partial charge in [0, 0.05) is 6.07 Å². The molecule has 3 rings (SSSR count). The Morgan fingerprint density at radius 2 is 1.86 bits per heavy atom. The second-order valence-corrected chi connectivity index (χ2v) is 3.44. The number of hydrogen-bond acceptors (Lipinski definition) is 0. The van der Waals surface area contributed by atoms with Crippen LogP contribution in [-0.4, -0.2) is 10.8 Å². The average Bonchev–Trinajstić information content (AvgIpc) is 2.60. The van der Waals surface area contributed by atoms with E-state index in [4.69, 9.17) is 0 Å². The van der Waals surface area contributed by atoms with Gasteiger partial charge in [-0.15, -0.1) is 0 Å². The van der Waals surface area contributed by atoms with Crippen LogP contribution in [0.4, 0.5) is 5.69 Å². The van der Waals surface area contributed by atoms with Crippen LogP contribution in [0.1, 0.15) is 5.56 Å². The molecule has 1 nitrogen and oxygen atoms in total. The summed E-state index contributed by atoms with van der Waals surface area (Å²) in [5.41, 5.74) is 2.51. The van der Waals surface area contributed by atoms with Crippen molar-refractivity contribution in [1.82, 2.24) is 0 Å². The normalized spacial score (nSPS) is 13.0. The zero-order chi connectivity index (χ0) is 9.54. The van der Waals surface area contributed by atoms with Gasteiger partial charge in [0.1, 0.15) is 0 Å². The second-order valence-electron chi connectivity index (χ2n) is 3.44. The summed E-state index contributed by atoms with van der Waals surface area (Å²) in [6, 6.07) is 12.7. The fraction of sp³-hybridized carbons (Fsp3) is 0. The van der Waals surface area contributed by atoms with E-state index in [9.17, 15) is 0 Å². The van der Waals surface area contributed by atoms with Gasteiger partial charge in [0.25, 0.3) is 0 Å². The monoisotopic (exact) mass is 180 g/mol. The lowest BCUT2D eigenvalue weighted by molar-refractivity contribution is -0.348. The lowest BCUT2D eigenvalue weighted by Gasteiger charge is -1.96. The Bertz CT molecular complexity index is 559. The molecular formula is C13H10N+. The minimum Gasteiger partial charge on any atom is -0.167 e. The number of benzene rings is 2. The van der Waals surface area contributed by atoms with Gasteiger partial charge in [-0.2, -0.15) is 4.58 Å². The van der Waals surface area contributed by atoms with E-state index in [0.717, 1.165) is 0 Å². The summed E-state index contributed by atoms with van der Waals surface area (Å²) in [6.45, 7) is 3.81. The highest BCUT2D eigenvalue weighted by atomic mass is 15.0. The molecule has 0 bridgehead atoms. The molecule has 0 amide bonds. The van der Waals surface area contributed by atoms with Gasteiger partial charge in [0.2, 0.25) is 5.69 Å². The molecule has 0 aliphatic carbocycles. The first-order valence-corrected chi connectivity index (χ1v) is 4.67. The van der Waals surface area contributed by atoms with Crippen LogP contribution < -0.4 is 0 Å². The molecule has 66 valence electrons. The highest BCUT2D eigenvalue weighted by molar-refractivity contribution is 6.06. The first-order chi connectivity index (χ1) is 6.90. The van der Waals surface area contributed by atoms with Crippen LogP contribution >= 0.6 is 0 Å². The predicted molar refractivity (Wildman–Crippen MR) is 59.2 cm³/mol. The Kier molecular flexibility index (Phi) is 1.37. The number of nitrogens with zero attached hydrogens (tertiary/aromatic N) is 1. The maximum absolute atomic E-state index is 3.81. The molecule has 1 aliphatic heterocycles. The predicted octanol–water partition coefficient (Wildman–Crippen LogP) is 3.06. The van der Waals surface area contributed by atoms with E-state index in [-0.39, 0.29) is 0 Å². The lowest BCUT2D eigenvalue weighted by Crippen LogP contribution is -1.90. The fourth-order valence-corrected chi connectivity index (χ4v) is 2.04. The van der Waals surface area contributed by atoms with Crippen molar-refractivity contribution in [2.75, 3.05) is 0 Å². The summed E-state index contributed by atoms with van der Waals surface area (Å²) in [6.07, 6.45) is 3.96. The van der Waals surface area contributed by atoms with Gasteiger partial charge in [-0.1, -0.05) is 24.3 Å². The van der Waals surface area contributed by atoms with Crippen LogP contribution in [0.2, 0.25) is 0 Å². The summed E-state index contributed by atoms with van der Waals surface area (Å²) < 4.78 is 2.07. The van der Waals surface area contributed by atoms with Crippen molar-refractivity contribution in [3.8, 4) is 0 Å². The molecule has 1 heteroatoms. The zero-order valence-corrected chi connectivity index (χ0v) is 7.77. The van der Waals surface area contributed by atoms with E-state index in [2.05, 4.69) is 53.8 Å². The van der Waals surface area contributed by atoms with Gasteiger partial charge in [-0.3, -0.25) is 0 Å². The first-order valence-electron chi connectivity index (χ1n) is 4.67. The van der Waals surface area contributed by atoms with E-state index >= 15 is 0 Å². The molecule has 0 N–H and O–H groups in total.